The van der Waals surface area contributed by atoms with E-state index in [1.54, 1.807) is 0 Å². The van der Waals surface area contributed by atoms with Crippen LogP contribution < -0.4 is 0 Å². The number of carbonyl (C=O) groups excluding carboxylic acids is 1. The van der Waals surface area contributed by atoms with Crippen molar-refractivity contribution < 1.29 is 4.79 Å². The fourth-order valence-corrected chi connectivity index (χ4v) is 4.34. The first-order chi connectivity index (χ1) is 11.8. The van der Waals surface area contributed by atoms with E-state index >= 15 is 0 Å². The number of benzene rings is 1. The summed E-state index contributed by atoms with van der Waals surface area (Å²) in [5.74, 6) is 0.319. The molecule has 1 unspecified atom stereocenters. The number of hydrogen-bond donors (Lipinski definition) is 0. The zero-order valence-corrected chi connectivity index (χ0v) is 15.5. The van der Waals surface area contributed by atoms with Gasteiger partial charge in [0.1, 0.15) is 0 Å². The Bertz CT molecular complexity index is 836. The van der Waals surface area contributed by atoms with Crippen molar-refractivity contribution >= 4 is 5.91 Å². The minimum Gasteiger partial charge on any atom is -0.333 e. The van der Waals surface area contributed by atoms with E-state index in [1.165, 1.54) is 16.7 Å². The van der Waals surface area contributed by atoms with Gasteiger partial charge >= 0.3 is 0 Å². The number of nitrogens with zero attached hydrogens (tertiary/aromatic N) is 4. The molecule has 4 rings (SSSR count). The monoisotopic (exact) mass is 338 g/mol. The lowest BCUT2D eigenvalue weighted by Crippen LogP contribution is -2.53. The van der Waals surface area contributed by atoms with E-state index in [0.29, 0.717) is 0 Å². The lowest BCUT2D eigenvalue weighted by Gasteiger charge is -2.45. The van der Waals surface area contributed by atoms with E-state index < -0.39 is 0 Å². The lowest BCUT2D eigenvalue weighted by atomic mass is 9.82. The molecule has 0 saturated heterocycles. The summed E-state index contributed by atoms with van der Waals surface area (Å²) >= 11 is 0. The minimum absolute atomic E-state index is 0.0373. The van der Waals surface area contributed by atoms with Crippen LogP contribution in [0.2, 0.25) is 0 Å². The standard InChI is InChI=1S/C20H26N4O/c1-13-5-6-15-11-20(2,3)24(12-16(15)9-13)19(25)14-7-8-17-18(10-14)23(4)22-21-17/h5-6,9,14H,7-8,10-12H2,1-4H3. The van der Waals surface area contributed by atoms with E-state index in [9.17, 15) is 4.79 Å². The van der Waals surface area contributed by atoms with Crippen LogP contribution in [0.3, 0.4) is 0 Å². The van der Waals surface area contributed by atoms with Gasteiger partial charge in [-0.05, 0) is 51.2 Å². The summed E-state index contributed by atoms with van der Waals surface area (Å²) < 4.78 is 1.83. The highest BCUT2D eigenvalue weighted by molar-refractivity contribution is 5.80. The molecule has 0 saturated carbocycles. The second-order valence-corrected chi connectivity index (χ2v) is 8.23. The maximum Gasteiger partial charge on any atom is 0.226 e. The topological polar surface area (TPSA) is 51.0 Å². The van der Waals surface area contributed by atoms with Crippen molar-refractivity contribution in [2.24, 2.45) is 13.0 Å². The number of aryl methyl sites for hydroxylation is 3. The first kappa shape index (κ1) is 16.3. The summed E-state index contributed by atoms with van der Waals surface area (Å²) in [4.78, 5) is 15.5. The Kier molecular flexibility index (Phi) is 3.71. The Labute approximate surface area is 149 Å². The normalized spacial score (nSPS) is 21.6. The third kappa shape index (κ3) is 2.75. The molecule has 1 aromatic carbocycles. The third-order valence-electron chi connectivity index (χ3n) is 5.85. The van der Waals surface area contributed by atoms with Crippen molar-refractivity contribution in [3.8, 4) is 0 Å². The Hall–Kier alpha value is -2.17. The van der Waals surface area contributed by atoms with Crippen LogP contribution in [0.4, 0.5) is 0 Å². The van der Waals surface area contributed by atoms with Gasteiger partial charge in [0, 0.05) is 31.5 Å². The second-order valence-electron chi connectivity index (χ2n) is 8.23. The van der Waals surface area contributed by atoms with Crippen molar-refractivity contribution in [1.82, 2.24) is 19.9 Å². The molecule has 25 heavy (non-hydrogen) atoms. The minimum atomic E-state index is -0.148. The Morgan fingerprint density at radius 2 is 2.08 bits per heavy atom. The van der Waals surface area contributed by atoms with Gasteiger partial charge in [-0.25, -0.2) is 0 Å². The maximum absolute atomic E-state index is 13.4. The van der Waals surface area contributed by atoms with Crippen LogP contribution in [0, 0.1) is 12.8 Å². The fraction of sp³-hybridized carbons (Fsp3) is 0.550. The fourth-order valence-electron chi connectivity index (χ4n) is 4.34. The zero-order chi connectivity index (χ0) is 17.8. The molecule has 0 spiro atoms. The van der Waals surface area contributed by atoms with Crippen molar-refractivity contribution in [3.63, 3.8) is 0 Å². The highest BCUT2D eigenvalue weighted by Gasteiger charge is 2.40. The zero-order valence-electron chi connectivity index (χ0n) is 15.5. The van der Waals surface area contributed by atoms with Gasteiger partial charge in [-0.2, -0.15) is 0 Å². The second kappa shape index (κ2) is 5.68. The SMILES string of the molecule is Cc1ccc2c(c1)CN(C(=O)C1CCc3nnn(C)c3C1)C(C)(C)C2. The van der Waals surface area contributed by atoms with Gasteiger partial charge in [-0.15, -0.1) is 5.10 Å². The maximum atomic E-state index is 13.4. The Morgan fingerprint density at radius 3 is 2.88 bits per heavy atom. The van der Waals surface area contributed by atoms with E-state index in [4.69, 9.17) is 0 Å². The molecule has 0 fully saturated rings. The van der Waals surface area contributed by atoms with Gasteiger partial charge in [-0.3, -0.25) is 9.48 Å². The molecule has 1 aliphatic carbocycles. The molecule has 5 nitrogen and oxygen atoms in total. The van der Waals surface area contributed by atoms with E-state index in [0.717, 1.165) is 43.6 Å². The summed E-state index contributed by atoms with van der Waals surface area (Å²) in [6.07, 6.45) is 3.39. The molecule has 0 N–H and O–H groups in total. The van der Waals surface area contributed by atoms with Crippen LogP contribution in [0.5, 0.6) is 0 Å². The highest BCUT2D eigenvalue weighted by atomic mass is 16.2. The molecule has 1 aliphatic heterocycles. The van der Waals surface area contributed by atoms with Crippen LogP contribution in [0.1, 0.15) is 48.3 Å². The first-order valence-electron chi connectivity index (χ1n) is 9.12. The number of amides is 1. The average Bonchev–Trinajstić information content (AvgIpc) is 2.94. The quantitative estimate of drug-likeness (QED) is 0.803. The molecule has 1 atom stereocenters. The molecule has 1 aromatic heterocycles. The Morgan fingerprint density at radius 1 is 1.28 bits per heavy atom. The lowest BCUT2D eigenvalue weighted by molar-refractivity contribution is -0.143. The molecule has 2 heterocycles. The summed E-state index contributed by atoms with van der Waals surface area (Å²) in [5.41, 5.74) is 5.97. The van der Waals surface area contributed by atoms with Gasteiger partial charge < -0.3 is 4.90 Å². The van der Waals surface area contributed by atoms with Crippen molar-refractivity contribution in [3.05, 3.63) is 46.3 Å². The third-order valence-corrected chi connectivity index (χ3v) is 5.85. The van der Waals surface area contributed by atoms with Gasteiger partial charge in [0.05, 0.1) is 11.4 Å². The molecule has 1 amide bonds. The van der Waals surface area contributed by atoms with Crippen LogP contribution >= 0.6 is 0 Å². The van der Waals surface area contributed by atoms with E-state index in [1.807, 2.05) is 11.7 Å². The number of rotatable bonds is 1. The molecule has 2 aliphatic rings. The molecule has 2 aromatic rings. The van der Waals surface area contributed by atoms with E-state index in [2.05, 4.69) is 54.2 Å². The number of carbonyl (C=O) groups is 1. The molecule has 132 valence electrons. The van der Waals surface area contributed by atoms with E-state index in [-0.39, 0.29) is 17.4 Å². The van der Waals surface area contributed by atoms with Crippen molar-refractivity contribution in [2.75, 3.05) is 0 Å². The predicted molar refractivity (Wildman–Crippen MR) is 96.0 cm³/mol. The van der Waals surface area contributed by atoms with Crippen LogP contribution in [0.25, 0.3) is 0 Å². The van der Waals surface area contributed by atoms with Gasteiger partial charge in [0.15, 0.2) is 0 Å². The van der Waals surface area contributed by atoms with Gasteiger partial charge in [-0.1, -0.05) is 29.0 Å². The summed E-state index contributed by atoms with van der Waals surface area (Å²) in [6.45, 7) is 7.21. The molecular formula is C20H26N4O. The number of fused-ring (bicyclic) bond motifs is 2. The van der Waals surface area contributed by atoms with Gasteiger partial charge in [0.2, 0.25) is 5.91 Å². The van der Waals surface area contributed by atoms with Gasteiger partial charge in [0.25, 0.3) is 0 Å². The number of hydrogen-bond acceptors (Lipinski definition) is 3. The number of aromatic nitrogens is 3. The highest BCUT2D eigenvalue weighted by Crippen LogP contribution is 2.34. The van der Waals surface area contributed by atoms with Crippen LogP contribution in [-0.2, 0) is 37.6 Å². The Balaban J connectivity index is 1.60. The smallest absolute Gasteiger partial charge is 0.226 e. The summed E-state index contributed by atoms with van der Waals surface area (Å²) in [5, 5.41) is 8.33. The van der Waals surface area contributed by atoms with Crippen LogP contribution in [0.15, 0.2) is 18.2 Å². The van der Waals surface area contributed by atoms with Crippen molar-refractivity contribution in [2.45, 2.75) is 58.5 Å². The first-order valence-corrected chi connectivity index (χ1v) is 9.12. The molecule has 5 heteroatoms. The summed E-state index contributed by atoms with van der Waals surface area (Å²) in [6, 6.07) is 6.63. The molecule has 0 bridgehead atoms. The van der Waals surface area contributed by atoms with Crippen LogP contribution in [-0.4, -0.2) is 31.3 Å². The predicted octanol–water partition coefficient (Wildman–Crippen LogP) is 2.59. The molecule has 0 radical (unpaired) electrons. The molecular weight excluding hydrogens is 312 g/mol. The largest absolute Gasteiger partial charge is 0.333 e. The van der Waals surface area contributed by atoms with Crippen molar-refractivity contribution in [1.29, 1.82) is 0 Å². The summed E-state index contributed by atoms with van der Waals surface area (Å²) in [7, 11) is 1.92. The average molecular weight is 338 g/mol.